The third-order valence-corrected chi connectivity index (χ3v) is 9.50. The summed E-state index contributed by atoms with van der Waals surface area (Å²) in [6.45, 7) is 4.47. The van der Waals surface area contributed by atoms with E-state index in [1.165, 1.54) is 34.6 Å². The number of amides is 1. The van der Waals surface area contributed by atoms with Crippen molar-refractivity contribution in [3.63, 3.8) is 0 Å². The predicted molar refractivity (Wildman–Crippen MR) is 158 cm³/mol. The number of nitrogens with zero attached hydrogens (tertiary/aromatic N) is 6. The molecule has 0 unspecified atom stereocenters. The van der Waals surface area contributed by atoms with E-state index in [2.05, 4.69) is 15.3 Å². The number of nitrogens with one attached hydrogen (secondary N) is 1. The summed E-state index contributed by atoms with van der Waals surface area (Å²) in [6, 6.07) is 10.2. The molecular formula is C27H30ClN7O7S. The molecule has 1 saturated heterocycles. The summed E-state index contributed by atoms with van der Waals surface area (Å²) in [4.78, 5) is 41.7. The van der Waals surface area contributed by atoms with Crippen LogP contribution in [0.15, 0.2) is 47.4 Å². The molecule has 0 radical (unpaired) electrons. The molecule has 5 rings (SSSR count). The minimum absolute atomic E-state index is 0.0112. The quantitative estimate of drug-likeness (QED) is 0.303. The van der Waals surface area contributed by atoms with Gasteiger partial charge in [0.15, 0.2) is 5.82 Å². The molecule has 14 nitrogen and oxygen atoms in total. The molecule has 3 aromatic rings. The van der Waals surface area contributed by atoms with E-state index in [1.807, 2.05) is 11.9 Å². The van der Waals surface area contributed by atoms with Gasteiger partial charge in [0.05, 0.1) is 22.1 Å². The Morgan fingerprint density at radius 2 is 1.86 bits per heavy atom. The third kappa shape index (κ3) is 6.20. The van der Waals surface area contributed by atoms with Crippen molar-refractivity contribution in [2.24, 2.45) is 0 Å². The number of piperazine rings is 1. The first kappa shape index (κ1) is 30.4. The van der Waals surface area contributed by atoms with Crippen LogP contribution in [-0.2, 0) is 27.7 Å². The molecule has 2 aliphatic heterocycles. The van der Waals surface area contributed by atoms with Gasteiger partial charge in [-0.1, -0.05) is 17.7 Å². The topological polar surface area (TPSA) is 160 Å². The summed E-state index contributed by atoms with van der Waals surface area (Å²) in [5.74, 6) is -0.931. The summed E-state index contributed by atoms with van der Waals surface area (Å²) in [5, 5.41) is 19.1. The van der Waals surface area contributed by atoms with E-state index in [1.54, 1.807) is 19.1 Å². The Balaban J connectivity index is 1.47. The zero-order valence-corrected chi connectivity index (χ0v) is 25.1. The maximum absolute atomic E-state index is 13.5. The second kappa shape index (κ2) is 12.3. The fourth-order valence-corrected chi connectivity index (χ4v) is 6.82. The number of nitro benzene ring substituents is 1. The third-order valence-electron chi connectivity index (χ3n) is 7.42. The van der Waals surface area contributed by atoms with Crippen LogP contribution in [0.5, 0.6) is 0 Å². The molecule has 2 aliphatic rings. The van der Waals surface area contributed by atoms with Crippen molar-refractivity contribution >= 4 is 50.8 Å². The highest BCUT2D eigenvalue weighted by Gasteiger charge is 2.35. The smallest absolute Gasteiger partial charge is 0.434 e. The highest BCUT2D eigenvalue weighted by atomic mass is 35.5. The van der Waals surface area contributed by atoms with Crippen LogP contribution in [0.25, 0.3) is 0 Å². The molecule has 1 amide bonds. The number of carbonyl (C=O) groups excluding carboxylic acids is 2. The molecule has 16 heteroatoms. The van der Waals surface area contributed by atoms with E-state index in [-0.39, 0.29) is 53.0 Å². The first-order valence-electron chi connectivity index (χ1n) is 13.6. The molecule has 0 atom stereocenters. The zero-order chi connectivity index (χ0) is 30.9. The maximum atomic E-state index is 13.5. The van der Waals surface area contributed by atoms with E-state index in [9.17, 15) is 28.1 Å². The Bertz CT molecular complexity index is 1690. The molecule has 0 saturated carbocycles. The minimum Gasteiger partial charge on any atom is -0.448 e. The standard InChI is InChI=1S/C27H30ClN7O7S/c1-3-42-27(37)34-23-9-10-33(43(40,41)20-6-4-5-18(28)15-20)17-22(23)25(30-34)29-26(36)21-8-7-19(16-24(21)35(38)39)32-13-11-31(2)12-14-32/h4-8,15-16H,3,9-14,17H2,1-2H3,(H,29,30,36). The van der Waals surface area contributed by atoms with Crippen LogP contribution in [0.2, 0.25) is 5.02 Å². The lowest BCUT2D eigenvalue weighted by Gasteiger charge is -2.34. The lowest BCUT2D eigenvalue weighted by atomic mass is 10.1. The Morgan fingerprint density at radius 1 is 1.12 bits per heavy atom. The first-order valence-corrected chi connectivity index (χ1v) is 15.4. The van der Waals surface area contributed by atoms with Gasteiger partial charge in [-0.25, -0.2) is 13.2 Å². The second-order valence-corrected chi connectivity index (χ2v) is 12.5. The van der Waals surface area contributed by atoms with Crippen molar-refractivity contribution in [2.75, 3.05) is 56.6 Å². The number of rotatable bonds is 7. The van der Waals surface area contributed by atoms with Crippen LogP contribution in [0.1, 0.15) is 28.5 Å². The van der Waals surface area contributed by atoms with Gasteiger partial charge in [0.1, 0.15) is 5.56 Å². The van der Waals surface area contributed by atoms with Gasteiger partial charge in [-0.15, -0.1) is 5.10 Å². The summed E-state index contributed by atoms with van der Waals surface area (Å²) >= 11 is 6.03. The summed E-state index contributed by atoms with van der Waals surface area (Å²) < 4.78 is 34.1. The number of benzene rings is 2. The van der Waals surface area contributed by atoms with E-state index < -0.39 is 32.6 Å². The molecule has 0 spiro atoms. The number of nitro groups is 1. The highest BCUT2D eigenvalue weighted by Crippen LogP contribution is 2.32. The van der Waals surface area contributed by atoms with Crippen molar-refractivity contribution in [1.82, 2.24) is 19.0 Å². The normalized spacial score (nSPS) is 16.0. The Labute approximate surface area is 253 Å². The number of fused-ring (bicyclic) bond motifs is 1. The highest BCUT2D eigenvalue weighted by molar-refractivity contribution is 7.89. The molecule has 1 N–H and O–H groups in total. The van der Waals surface area contributed by atoms with Crippen molar-refractivity contribution < 1.29 is 27.7 Å². The van der Waals surface area contributed by atoms with Crippen LogP contribution < -0.4 is 10.2 Å². The Kier molecular flexibility index (Phi) is 8.69. The van der Waals surface area contributed by atoms with Gasteiger partial charge in [0, 0.05) is 68.0 Å². The minimum atomic E-state index is -4.00. The largest absolute Gasteiger partial charge is 0.448 e. The average molecular weight is 632 g/mol. The summed E-state index contributed by atoms with van der Waals surface area (Å²) in [7, 11) is -2.00. The van der Waals surface area contributed by atoms with Crippen molar-refractivity contribution in [3.8, 4) is 0 Å². The van der Waals surface area contributed by atoms with Gasteiger partial charge in [-0.2, -0.15) is 8.99 Å². The number of hydrogen-bond acceptors (Lipinski definition) is 10. The van der Waals surface area contributed by atoms with Gasteiger partial charge >= 0.3 is 6.09 Å². The zero-order valence-electron chi connectivity index (χ0n) is 23.5. The number of sulfonamides is 1. The van der Waals surface area contributed by atoms with E-state index in [0.29, 0.717) is 24.5 Å². The van der Waals surface area contributed by atoms with Gasteiger partial charge in [-0.05, 0) is 44.3 Å². The number of halogens is 1. The number of carbonyl (C=O) groups is 2. The fraction of sp³-hybridized carbons (Fsp3) is 0.370. The molecule has 228 valence electrons. The number of likely N-dealkylation sites (N-methyl/N-ethyl adjacent to an activating group) is 1. The predicted octanol–water partition coefficient (Wildman–Crippen LogP) is 3.20. The number of hydrogen-bond donors (Lipinski definition) is 1. The summed E-state index contributed by atoms with van der Waals surface area (Å²) in [6.07, 6.45) is -0.704. The van der Waals surface area contributed by atoms with Crippen molar-refractivity contribution in [1.29, 1.82) is 0 Å². The molecule has 1 fully saturated rings. The average Bonchev–Trinajstić information content (AvgIpc) is 3.35. The molecular weight excluding hydrogens is 602 g/mol. The van der Waals surface area contributed by atoms with Crippen LogP contribution >= 0.6 is 11.6 Å². The van der Waals surface area contributed by atoms with Crippen molar-refractivity contribution in [2.45, 2.75) is 24.8 Å². The molecule has 0 aliphatic carbocycles. The molecule has 1 aromatic heterocycles. The van der Waals surface area contributed by atoms with Gasteiger partial charge < -0.3 is 19.9 Å². The molecule has 2 aromatic carbocycles. The van der Waals surface area contributed by atoms with Crippen LogP contribution in [-0.4, -0.2) is 90.7 Å². The van der Waals surface area contributed by atoms with Gasteiger partial charge in [0.2, 0.25) is 10.0 Å². The van der Waals surface area contributed by atoms with Crippen LogP contribution in [0.4, 0.5) is 22.0 Å². The molecule has 43 heavy (non-hydrogen) atoms. The lowest BCUT2D eigenvalue weighted by molar-refractivity contribution is -0.385. The van der Waals surface area contributed by atoms with E-state index >= 15 is 0 Å². The number of anilines is 2. The SMILES string of the molecule is CCOC(=O)n1nc(NC(=O)c2ccc(N3CCN(C)CC3)cc2[N+](=O)[O-])c2c1CCN(S(=O)(=O)c1cccc(Cl)c1)C2. The lowest BCUT2D eigenvalue weighted by Crippen LogP contribution is -2.44. The second-order valence-electron chi connectivity index (χ2n) is 10.1. The van der Waals surface area contributed by atoms with E-state index in [0.717, 1.165) is 17.8 Å². The van der Waals surface area contributed by atoms with Crippen LogP contribution in [0.3, 0.4) is 0 Å². The molecule has 0 bridgehead atoms. The van der Waals surface area contributed by atoms with Crippen LogP contribution in [0, 0.1) is 10.1 Å². The summed E-state index contributed by atoms with van der Waals surface area (Å²) in [5.41, 5.74) is 0.669. The maximum Gasteiger partial charge on any atom is 0.434 e. The van der Waals surface area contributed by atoms with Gasteiger partial charge in [0.25, 0.3) is 11.6 Å². The number of ether oxygens (including phenoxy) is 1. The monoisotopic (exact) mass is 631 g/mol. The first-order chi connectivity index (χ1) is 20.5. The van der Waals surface area contributed by atoms with E-state index in [4.69, 9.17) is 16.3 Å². The Hall–Kier alpha value is -4.05. The number of aromatic nitrogens is 2. The van der Waals surface area contributed by atoms with Crippen molar-refractivity contribution in [3.05, 3.63) is 74.4 Å². The molecule has 3 heterocycles. The fourth-order valence-electron chi connectivity index (χ4n) is 5.11. The Morgan fingerprint density at radius 3 is 2.53 bits per heavy atom. The van der Waals surface area contributed by atoms with Gasteiger partial charge in [-0.3, -0.25) is 14.9 Å².